The zero-order valence-electron chi connectivity index (χ0n) is 15.4. The molecule has 0 aliphatic rings. The predicted octanol–water partition coefficient (Wildman–Crippen LogP) is 4.17. The fraction of sp³-hybridized carbons (Fsp3) is 0.238. The lowest BCUT2D eigenvalue weighted by Gasteiger charge is -2.13. The number of pyridine rings is 1. The molecule has 0 spiro atoms. The normalized spacial score (nSPS) is 11.6. The van der Waals surface area contributed by atoms with E-state index in [9.17, 15) is 4.79 Å². The molecule has 0 aliphatic heterocycles. The van der Waals surface area contributed by atoms with E-state index in [2.05, 4.69) is 10.3 Å². The van der Waals surface area contributed by atoms with Crippen molar-refractivity contribution in [3.8, 4) is 5.75 Å². The van der Waals surface area contributed by atoms with Gasteiger partial charge in [-0.05, 0) is 49.6 Å². The van der Waals surface area contributed by atoms with E-state index in [0.29, 0.717) is 6.54 Å². The zero-order chi connectivity index (χ0) is 18.7. The van der Waals surface area contributed by atoms with Crippen LogP contribution < -0.4 is 10.1 Å². The van der Waals surface area contributed by atoms with E-state index in [0.717, 1.165) is 44.5 Å². The minimum atomic E-state index is -0.157. The number of aryl methyl sites for hydroxylation is 2. The number of hydrogen-bond donors (Lipinski definition) is 1. The number of carbonyl (C=O) groups is 1. The second kappa shape index (κ2) is 7.44. The number of fused-ring (bicyclic) bond motifs is 1. The van der Waals surface area contributed by atoms with E-state index < -0.39 is 0 Å². The van der Waals surface area contributed by atoms with E-state index in [1.165, 1.54) is 0 Å². The van der Waals surface area contributed by atoms with Crippen molar-refractivity contribution in [1.29, 1.82) is 0 Å². The number of amides is 1. The Hall–Kier alpha value is -3.08. The highest BCUT2D eigenvalue weighted by Crippen LogP contribution is 2.37. The molecule has 5 nitrogen and oxygen atoms in total. The number of rotatable bonds is 5. The van der Waals surface area contributed by atoms with Gasteiger partial charge in [-0.25, -0.2) is 0 Å². The van der Waals surface area contributed by atoms with Crippen LogP contribution >= 0.6 is 0 Å². The van der Waals surface area contributed by atoms with Crippen molar-refractivity contribution in [2.24, 2.45) is 0 Å². The zero-order valence-corrected chi connectivity index (χ0v) is 15.4. The van der Waals surface area contributed by atoms with Gasteiger partial charge in [0.15, 0.2) is 0 Å². The molecule has 1 amide bonds. The van der Waals surface area contributed by atoms with Crippen molar-refractivity contribution in [3.63, 3.8) is 0 Å². The Morgan fingerprint density at radius 3 is 2.88 bits per heavy atom. The van der Waals surface area contributed by atoms with Crippen LogP contribution in [0.4, 0.5) is 0 Å². The molecule has 1 aromatic carbocycles. The topological polar surface area (TPSA) is 64.4 Å². The van der Waals surface area contributed by atoms with Gasteiger partial charge in [0.05, 0.1) is 13.4 Å². The van der Waals surface area contributed by atoms with Gasteiger partial charge in [0, 0.05) is 41.5 Å². The average molecular weight is 350 g/mol. The van der Waals surface area contributed by atoms with E-state index in [1.807, 2.05) is 39.0 Å². The van der Waals surface area contributed by atoms with E-state index in [-0.39, 0.29) is 5.91 Å². The average Bonchev–Trinajstić information content (AvgIpc) is 3.02. The highest BCUT2D eigenvalue weighted by molar-refractivity contribution is 5.98. The van der Waals surface area contributed by atoms with Crippen LogP contribution in [0.5, 0.6) is 5.75 Å². The summed E-state index contributed by atoms with van der Waals surface area (Å²) in [5.41, 5.74) is 5.47. The molecule has 26 heavy (non-hydrogen) atoms. The van der Waals surface area contributed by atoms with Crippen LogP contribution in [0.2, 0.25) is 0 Å². The van der Waals surface area contributed by atoms with Crippen LogP contribution in [0.3, 0.4) is 0 Å². The van der Waals surface area contributed by atoms with Gasteiger partial charge in [-0.2, -0.15) is 0 Å². The molecule has 3 aromatic rings. The molecular weight excluding hydrogens is 328 g/mol. The van der Waals surface area contributed by atoms with E-state index in [1.54, 1.807) is 31.8 Å². The second-order valence-electron chi connectivity index (χ2n) is 6.28. The first-order valence-electron chi connectivity index (χ1n) is 8.42. The molecule has 0 saturated carbocycles. The number of furan rings is 1. The summed E-state index contributed by atoms with van der Waals surface area (Å²) < 4.78 is 11.2. The summed E-state index contributed by atoms with van der Waals surface area (Å²) in [6, 6.07) is 5.78. The lowest BCUT2D eigenvalue weighted by Crippen LogP contribution is -2.20. The van der Waals surface area contributed by atoms with Crippen LogP contribution in [0, 0.1) is 13.8 Å². The molecular formula is C21H22N2O3. The van der Waals surface area contributed by atoms with Crippen LogP contribution in [-0.2, 0) is 11.3 Å². The quantitative estimate of drug-likeness (QED) is 0.701. The van der Waals surface area contributed by atoms with E-state index >= 15 is 0 Å². The van der Waals surface area contributed by atoms with Gasteiger partial charge in [-0.3, -0.25) is 9.78 Å². The van der Waals surface area contributed by atoms with Crippen molar-refractivity contribution < 1.29 is 13.9 Å². The first-order chi connectivity index (χ1) is 12.5. The molecule has 0 unspecified atom stereocenters. The summed E-state index contributed by atoms with van der Waals surface area (Å²) in [5.74, 6) is 0.565. The van der Waals surface area contributed by atoms with Gasteiger partial charge in [-0.15, -0.1) is 0 Å². The number of nitrogens with zero attached hydrogens (tertiary/aromatic N) is 1. The van der Waals surface area contributed by atoms with Gasteiger partial charge >= 0.3 is 0 Å². The van der Waals surface area contributed by atoms with Crippen LogP contribution in [0.15, 0.2) is 47.3 Å². The Morgan fingerprint density at radius 2 is 2.19 bits per heavy atom. The van der Waals surface area contributed by atoms with E-state index in [4.69, 9.17) is 9.15 Å². The summed E-state index contributed by atoms with van der Waals surface area (Å²) in [5, 5.41) is 3.91. The Labute approximate surface area is 152 Å². The number of aromatic nitrogens is 1. The molecule has 5 heteroatoms. The maximum Gasteiger partial charge on any atom is 0.244 e. The Bertz CT molecular complexity index is 972. The SMILES string of the molecule is COc1c(/C(C)=C/C(=O)NCc2cccnc2)cc2c(C)coc2c1C. The Balaban J connectivity index is 1.88. The van der Waals surface area contributed by atoms with Gasteiger partial charge in [-0.1, -0.05) is 6.07 Å². The third-order valence-corrected chi connectivity index (χ3v) is 4.40. The maximum absolute atomic E-state index is 12.3. The van der Waals surface area contributed by atoms with Crippen molar-refractivity contribution >= 4 is 22.4 Å². The standard InChI is InChI=1S/C21H22N2O3/c1-13(8-19(24)23-11-16-6-5-7-22-10-16)17-9-18-14(2)12-26-21(18)15(3)20(17)25-4/h5-10,12H,11H2,1-4H3,(H,23,24)/b13-8+. The highest BCUT2D eigenvalue weighted by Gasteiger charge is 2.16. The fourth-order valence-electron chi connectivity index (χ4n) is 3.01. The number of hydrogen-bond acceptors (Lipinski definition) is 4. The maximum atomic E-state index is 12.3. The lowest BCUT2D eigenvalue weighted by atomic mass is 9.98. The fourth-order valence-corrected chi connectivity index (χ4v) is 3.01. The smallest absolute Gasteiger partial charge is 0.244 e. The van der Waals surface area contributed by atoms with Crippen molar-refractivity contribution in [1.82, 2.24) is 10.3 Å². The molecule has 1 N–H and O–H groups in total. The first-order valence-corrected chi connectivity index (χ1v) is 8.42. The van der Waals surface area contributed by atoms with Gasteiger partial charge < -0.3 is 14.5 Å². The largest absolute Gasteiger partial charge is 0.496 e. The van der Waals surface area contributed by atoms with Gasteiger partial charge in [0.1, 0.15) is 11.3 Å². The van der Waals surface area contributed by atoms with Crippen LogP contribution in [-0.4, -0.2) is 18.0 Å². The Morgan fingerprint density at radius 1 is 1.38 bits per heavy atom. The molecule has 0 bridgehead atoms. The van der Waals surface area contributed by atoms with Crippen LogP contribution in [0.1, 0.15) is 29.2 Å². The van der Waals surface area contributed by atoms with Gasteiger partial charge in [0.2, 0.25) is 5.91 Å². The number of benzene rings is 1. The number of carbonyl (C=O) groups excluding carboxylic acids is 1. The second-order valence-corrected chi connectivity index (χ2v) is 6.28. The first kappa shape index (κ1) is 17.7. The molecule has 0 saturated heterocycles. The molecule has 0 aliphatic carbocycles. The van der Waals surface area contributed by atoms with Crippen molar-refractivity contribution in [2.75, 3.05) is 7.11 Å². The Kier molecular flexibility index (Phi) is 5.07. The molecule has 0 atom stereocenters. The third kappa shape index (κ3) is 3.47. The summed E-state index contributed by atoms with van der Waals surface area (Å²) in [6.45, 7) is 6.30. The third-order valence-electron chi connectivity index (χ3n) is 4.40. The summed E-state index contributed by atoms with van der Waals surface area (Å²) >= 11 is 0. The molecule has 3 rings (SSSR count). The summed E-state index contributed by atoms with van der Waals surface area (Å²) in [7, 11) is 1.63. The molecule has 0 radical (unpaired) electrons. The predicted molar refractivity (Wildman–Crippen MR) is 102 cm³/mol. The monoisotopic (exact) mass is 350 g/mol. The summed E-state index contributed by atoms with van der Waals surface area (Å²) in [6.07, 6.45) is 6.77. The van der Waals surface area contributed by atoms with Gasteiger partial charge in [0.25, 0.3) is 0 Å². The number of methoxy groups -OCH3 is 1. The van der Waals surface area contributed by atoms with Crippen molar-refractivity contribution in [2.45, 2.75) is 27.3 Å². The number of nitrogens with one attached hydrogen (secondary N) is 1. The molecule has 0 fully saturated rings. The highest BCUT2D eigenvalue weighted by atomic mass is 16.5. The number of ether oxygens (including phenoxy) is 1. The molecule has 2 heterocycles. The molecule has 2 aromatic heterocycles. The minimum Gasteiger partial charge on any atom is -0.496 e. The van der Waals surface area contributed by atoms with Crippen molar-refractivity contribution in [3.05, 3.63) is 65.2 Å². The number of allylic oxidation sites excluding steroid dienone is 1. The summed E-state index contributed by atoms with van der Waals surface area (Å²) in [4.78, 5) is 16.3. The van der Waals surface area contributed by atoms with Crippen LogP contribution in [0.25, 0.3) is 16.5 Å². The lowest BCUT2D eigenvalue weighted by molar-refractivity contribution is -0.116. The minimum absolute atomic E-state index is 0.157. The molecule has 134 valence electrons.